The van der Waals surface area contributed by atoms with Gasteiger partial charge in [-0.2, -0.15) is 0 Å². The third-order valence-corrected chi connectivity index (χ3v) is 5.65. The molecule has 0 saturated carbocycles. The molecule has 0 aromatic heterocycles. The molecule has 1 aliphatic rings. The molecule has 1 heterocycles. The molecule has 0 radical (unpaired) electrons. The van der Waals surface area contributed by atoms with Crippen LogP contribution < -0.4 is 15.0 Å². The number of ether oxygens (including phenoxy) is 1. The van der Waals surface area contributed by atoms with E-state index >= 15 is 0 Å². The summed E-state index contributed by atoms with van der Waals surface area (Å²) in [5.74, 6) is 0.728. The first-order chi connectivity index (χ1) is 13.1. The first kappa shape index (κ1) is 17.6. The summed E-state index contributed by atoms with van der Waals surface area (Å²) in [6.07, 6.45) is -0.330. The van der Waals surface area contributed by atoms with Crippen LogP contribution in [0.25, 0.3) is 0 Å². The Morgan fingerprint density at radius 3 is 2.63 bits per heavy atom. The molecule has 27 heavy (non-hydrogen) atoms. The van der Waals surface area contributed by atoms with Gasteiger partial charge in [0.25, 0.3) is 5.91 Å². The van der Waals surface area contributed by atoms with Crippen LogP contribution in [0.15, 0.2) is 71.2 Å². The second kappa shape index (κ2) is 7.08. The lowest BCUT2D eigenvalue weighted by Gasteiger charge is -2.38. The van der Waals surface area contributed by atoms with Crippen molar-refractivity contribution < 1.29 is 9.53 Å². The average Bonchev–Trinajstić information content (AvgIpc) is 2.70. The normalized spacial score (nSPS) is 15.9. The predicted octanol–water partition coefficient (Wildman–Crippen LogP) is 5.54. The molecule has 136 valence electrons. The Hall–Kier alpha value is -2.79. The van der Waals surface area contributed by atoms with Crippen molar-refractivity contribution in [2.75, 3.05) is 17.3 Å². The summed E-state index contributed by atoms with van der Waals surface area (Å²) in [5, 5.41) is 3.52. The lowest BCUT2D eigenvalue weighted by atomic mass is 10.0. The standard InChI is InChI=1S/C22H19BrN2O2/c1-14-12-16(10-11-19(14)23)25-21(15-6-5-7-17(13-15)27-2)24-20-9-4-3-8-18(20)22(25)26/h3-13,21,24H,1-2H3. The second-order valence-electron chi connectivity index (χ2n) is 6.48. The fourth-order valence-electron chi connectivity index (χ4n) is 3.34. The van der Waals surface area contributed by atoms with Crippen LogP contribution in [-0.4, -0.2) is 13.0 Å². The molecule has 1 amide bonds. The summed E-state index contributed by atoms with van der Waals surface area (Å²) in [7, 11) is 1.64. The van der Waals surface area contributed by atoms with Gasteiger partial charge in [-0.15, -0.1) is 0 Å². The molecule has 5 heteroatoms. The smallest absolute Gasteiger partial charge is 0.262 e. The molecule has 0 saturated heterocycles. The van der Waals surface area contributed by atoms with Gasteiger partial charge in [-0.3, -0.25) is 9.69 Å². The van der Waals surface area contributed by atoms with Gasteiger partial charge in [-0.1, -0.05) is 40.2 Å². The van der Waals surface area contributed by atoms with Crippen molar-refractivity contribution in [3.63, 3.8) is 0 Å². The van der Waals surface area contributed by atoms with Crippen LogP contribution in [0, 0.1) is 6.92 Å². The molecular formula is C22H19BrN2O2. The van der Waals surface area contributed by atoms with Gasteiger partial charge in [-0.05, 0) is 60.5 Å². The molecule has 1 unspecified atom stereocenters. The Labute approximate surface area is 166 Å². The van der Waals surface area contributed by atoms with Crippen molar-refractivity contribution in [2.24, 2.45) is 0 Å². The number of amides is 1. The van der Waals surface area contributed by atoms with Crippen molar-refractivity contribution in [3.05, 3.63) is 87.9 Å². The summed E-state index contributed by atoms with van der Waals surface area (Å²) < 4.78 is 6.40. The van der Waals surface area contributed by atoms with E-state index in [1.165, 1.54) is 0 Å². The maximum absolute atomic E-state index is 13.4. The van der Waals surface area contributed by atoms with Crippen LogP contribution in [0.3, 0.4) is 0 Å². The Morgan fingerprint density at radius 2 is 1.85 bits per heavy atom. The number of hydrogen-bond acceptors (Lipinski definition) is 3. The van der Waals surface area contributed by atoms with Gasteiger partial charge in [0.2, 0.25) is 0 Å². The highest BCUT2D eigenvalue weighted by atomic mass is 79.9. The Balaban J connectivity index is 1.87. The van der Waals surface area contributed by atoms with Crippen molar-refractivity contribution in [1.29, 1.82) is 0 Å². The summed E-state index contributed by atoms with van der Waals surface area (Å²) >= 11 is 3.54. The van der Waals surface area contributed by atoms with Gasteiger partial charge in [0, 0.05) is 15.8 Å². The number of rotatable bonds is 3. The number of anilines is 2. The first-order valence-corrected chi connectivity index (χ1v) is 9.47. The molecular weight excluding hydrogens is 404 g/mol. The Morgan fingerprint density at radius 1 is 1.04 bits per heavy atom. The van der Waals surface area contributed by atoms with Gasteiger partial charge in [0.05, 0.1) is 12.7 Å². The lowest BCUT2D eigenvalue weighted by Crippen LogP contribution is -2.43. The number of nitrogens with zero attached hydrogens (tertiary/aromatic N) is 1. The third kappa shape index (κ3) is 3.19. The van der Waals surface area contributed by atoms with E-state index in [-0.39, 0.29) is 12.1 Å². The number of benzene rings is 3. The van der Waals surface area contributed by atoms with Crippen molar-refractivity contribution >= 4 is 33.2 Å². The number of carbonyl (C=O) groups excluding carboxylic acids is 1. The monoisotopic (exact) mass is 422 g/mol. The van der Waals surface area contributed by atoms with Crippen LogP contribution in [0.4, 0.5) is 11.4 Å². The fourth-order valence-corrected chi connectivity index (χ4v) is 3.59. The molecule has 3 aromatic carbocycles. The van der Waals surface area contributed by atoms with Gasteiger partial charge < -0.3 is 10.1 Å². The van der Waals surface area contributed by atoms with Crippen LogP contribution in [-0.2, 0) is 0 Å². The van der Waals surface area contributed by atoms with Gasteiger partial charge in [0.15, 0.2) is 0 Å². The molecule has 1 N–H and O–H groups in total. The van der Waals surface area contributed by atoms with E-state index in [4.69, 9.17) is 4.74 Å². The van der Waals surface area contributed by atoms with E-state index in [1.807, 2.05) is 73.7 Å². The minimum absolute atomic E-state index is 0.0288. The second-order valence-corrected chi connectivity index (χ2v) is 7.33. The molecule has 0 spiro atoms. The van der Waals surface area contributed by atoms with E-state index in [9.17, 15) is 4.79 Å². The minimum Gasteiger partial charge on any atom is -0.497 e. The number of nitrogens with one attached hydrogen (secondary N) is 1. The zero-order valence-electron chi connectivity index (χ0n) is 15.1. The fraction of sp³-hybridized carbons (Fsp3) is 0.136. The molecule has 0 aliphatic carbocycles. The van der Waals surface area contributed by atoms with Gasteiger partial charge in [0.1, 0.15) is 11.9 Å². The third-order valence-electron chi connectivity index (χ3n) is 4.76. The Bertz CT molecular complexity index is 1020. The number of hydrogen-bond donors (Lipinski definition) is 1. The summed E-state index contributed by atoms with van der Waals surface area (Å²) in [4.78, 5) is 15.2. The van der Waals surface area contributed by atoms with E-state index < -0.39 is 0 Å². The number of aryl methyl sites for hydroxylation is 1. The van der Waals surface area contributed by atoms with Gasteiger partial charge in [-0.25, -0.2) is 0 Å². The van der Waals surface area contributed by atoms with Gasteiger partial charge >= 0.3 is 0 Å². The van der Waals surface area contributed by atoms with E-state index in [0.29, 0.717) is 5.56 Å². The molecule has 4 rings (SSSR count). The average molecular weight is 423 g/mol. The number of fused-ring (bicyclic) bond motifs is 1. The number of carbonyl (C=O) groups is 1. The van der Waals surface area contributed by atoms with Crippen LogP contribution in [0.1, 0.15) is 27.7 Å². The zero-order chi connectivity index (χ0) is 19.0. The van der Waals surface area contributed by atoms with Crippen LogP contribution >= 0.6 is 15.9 Å². The number of para-hydroxylation sites is 1. The van der Waals surface area contributed by atoms with Crippen molar-refractivity contribution in [2.45, 2.75) is 13.1 Å². The molecule has 4 nitrogen and oxygen atoms in total. The molecule has 1 atom stereocenters. The zero-order valence-corrected chi connectivity index (χ0v) is 16.7. The molecule has 0 fully saturated rings. The van der Waals surface area contributed by atoms with Crippen LogP contribution in [0.5, 0.6) is 5.75 Å². The predicted molar refractivity (Wildman–Crippen MR) is 111 cm³/mol. The molecule has 0 bridgehead atoms. The maximum atomic E-state index is 13.4. The first-order valence-electron chi connectivity index (χ1n) is 8.67. The quantitative estimate of drug-likeness (QED) is 0.602. The minimum atomic E-state index is -0.330. The van der Waals surface area contributed by atoms with Crippen molar-refractivity contribution in [1.82, 2.24) is 0 Å². The highest BCUT2D eigenvalue weighted by Crippen LogP contribution is 2.38. The topological polar surface area (TPSA) is 41.6 Å². The highest BCUT2D eigenvalue weighted by molar-refractivity contribution is 9.10. The maximum Gasteiger partial charge on any atom is 0.262 e. The van der Waals surface area contributed by atoms with Crippen LogP contribution in [0.2, 0.25) is 0 Å². The summed E-state index contributed by atoms with van der Waals surface area (Å²) in [6, 6.07) is 21.3. The summed E-state index contributed by atoms with van der Waals surface area (Å²) in [5.41, 5.74) is 4.37. The SMILES string of the molecule is COc1cccc(C2Nc3ccccc3C(=O)N2c2ccc(Br)c(C)c2)c1. The summed E-state index contributed by atoms with van der Waals surface area (Å²) in [6.45, 7) is 2.02. The largest absolute Gasteiger partial charge is 0.497 e. The van der Waals surface area contributed by atoms with Crippen molar-refractivity contribution in [3.8, 4) is 5.75 Å². The van der Waals surface area contributed by atoms with E-state index in [0.717, 1.165) is 32.7 Å². The highest BCUT2D eigenvalue weighted by Gasteiger charge is 2.34. The number of methoxy groups -OCH3 is 1. The lowest BCUT2D eigenvalue weighted by molar-refractivity contribution is 0.0975. The number of halogens is 1. The van der Waals surface area contributed by atoms with E-state index in [2.05, 4.69) is 21.2 Å². The Kier molecular flexibility index (Phi) is 4.62. The molecule has 1 aliphatic heterocycles. The molecule has 3 aromatic rings. The van der Waals surface area contributed by atoms with E-state index in [1.54, 1.807) is 12.0 Å².